The first-order valence-corrected chi connectivity index (χ1v) is 9.50. The Morgan fingerprint density at radius 1 is 1.19 bits per heavy atom. The van der Waals surface area contributed by atoms with E-state index in [1.165, 1.54) is 29.7 Å². The molecular formula is C19H19N5OS. The monoisotopic (exact) mass is 365 g/mol. The van der Waals surface area contributed by atoms with Crippen molar-refractivity contribution in [2.24, 2.45) is 5.92 Å². The molecule has 1 atom stereocenters. The van der Waals surface area contributed by atoms with Gasteiger partial charge in [-0.1, -0.05) is 41.7 Å². The van der Waals surface area contributed by atoms with E-state index in [2.05, 4.69) is 50.1 Å². The molecule has 1 unspecified atom stereocenters. The Balaban J connectivity index is 1.40. The lowest BCUT2D eigenvalue weighted by atomic mass is 10.0. The number of amides is 1. The third kappa shape index (κ3) is 4.23. The average molecular weight is 365 g/mol. The Labute approximate surface area is 155 Å². The SMILES string of the molecule is O=C(Nc1nncs1)c1ccc(NC(Cc2ccccc2)C2CC2)nc1. The number of anilines is 2. The summed E-state index contributed by atoms with van der Waals surface area (Å²) in [5, 5.41) is 14.2. The number of hydrogen-bond donors (Lipinski definition) is 2. The molecule has 1 aliphatic rings. The molecule has 1 fully saturated rings. The summed E-state index contributed by atoms with van der Waals surface area (Å²) in [5.41, 5.74) is 3.40. The lowest BCUT2D eigenvalue weighted by molar-refractivity contribution is 0.102. The van der Waals surface area contributed by atoms with Gasteiger partial charge in [-0.05, 0) is 42.9 Å². The van der Waals surface area contributed by atoms with Crippen LogP contribution in [0, 0.1) is 5.92 Å². The predicted molar refractivity (Wildman–Crippen MR) is 102 cm³/mol. The zero-order valence-electron chi connectivity index (χ0n) is 14.1. The van der Waals surface area contributed by atoms with Gasteiger partial charge in [-0.3, -0.25) is 10.1 Å². The molecule has 2 aromatic heterocycles. The second-order valence-corrected chi connectivity index (χ2v) is 7.24. The van der Waals surface area contributed by atoms with E-state index in [9.17, 15) is 4.79 Å². The number of aromatic nitrogens is 3. The molecule has 1 aromatic carbocycles. The molecule has 7 heteroatoms. The predicted octanol–water partition coefficient (Wildman–Crippen LogP) is 3.62. The van der Waals surface area contributed by atoms with Gasteiger partial charge >= 0.3 is 0 Å². The van der Waals surface area contributed by atoms with Gasteiger partial charge in [0.25, 0.3) is 5.91 Å². The van der Waals surface area contributed by atoms with Gasteiger partial charge in [-0.25, -0.2) is 4.98 Å². The van der Waals surface area contributed by atoms with Crippen LogP contribution in [0.25, 0.3) is 0 Å². The Morgan fingerprint density at radius 2 is 2.04 bits per heavy atom. The topological polar surface area (TPSA) is 79.8 Å². The minimum absolute atomic E-state index is 0.233. The number of nitrogens with one attached hydrogen (secondary N) is 2. The van der Waals surface area contributed by atoms with E-state index >= 15 is 0 Å². The molecule has 0 saturated heterocycles. The highest BCUT2D eigenvalue weighted by Crippen LogP contribution is 2.35. The molecule has 132 valence electrons. The number of rotatable bonds is 7. The number of pyridine rings is 1. The van der Waals surface area contributed by atoms with Crippen LogP contribution in [0.2, 0.25) is 0 Å². The number of carbonyl (C=O) groups excluding carboxylic acids is 1. The molecule has 0 spiro atoms. The van der Waals surface area contributed by atoms with Gasteiger partial charge in [0, 0.05) is 12.2 Å². The Bertz CT molecular complexity index is 847. The van der Waals surface area contributed by atoms with E-state index in [1.807, 2.05) is 12.1 Å². The van der Waals surface area contributed by atoms with Crippen molar-refractivity contribution in [1.82, 2.24) is 15.2 Å². The van der Waals surface area contributed by atoms with Crippen molar-refractivity contribution in [3.8, 4) is 0 Å². The van der Waals surface area contributed by atoms with Gasteiger partial charge in [0.1, 0.15) is 11.3 Å². The molecule has 1 aliphatic carbocycles. The molecule has 0 radical (unpaired) electrons. The largest absolute Gasteiger partial charge is 0.367 e. The summed E-state index contributed by atoms with van der Waals surface area (Å²) in [7, 11) is 0. The van der Waals surface area contributed by atoms with E-state index in [4.69, 9.17) is 0 Å². The molecule has 26 heavy (non-hydrogen) atoms. The van der Waals surface area contributed by atoms with Crippen LogP contribution in [0.1, 0.15) is 28.8 Å². The highest BCUT2D eigenvalue weighted by Gasteiger charge is 2.31. The van der Waals surface area contributed by atoms with Gasteiger partial charge in [0.2, 0.25) is 5.13 Å². The fourth-order valence-electron chi connectivity index (χ4n) is 2.90. The van der Waals surface area contributed by atoms with E-state index in [0.29, 0.717) is 22.7 Å². The summed E-state index contributed by atoms with van der Waals surface area (Å²) >= 11 is 1.28. The highest BCUT2D eigenvalue weighted by atomic mass is 32.1. The maximum absolute atomic E-state index is 12.2. The summed E-state index contributed by atoms with van der Waals surface area (Å²) in [6.07, 6.45) is 5.08. The molecule has 2 heterocycles. The van der Waals surface area contributed by atoms with Gasteiger partial charge in [0.05, 0.1) is 5.56 Å². The van der Waals surface area contributed by atoms with Crippen LogP contribution in [-0.2, 0) is 6.42 Å². The van der Waals surface area contributed by atoms with Crippen molar-refractivity contribution in [3.63, 3.8) is 0 Å². The normalized spacial score (nSPS) is 14.6. The quantitative estimate of drug-likeness (QED) is 0.668. The first kappa shape index (κ1) is 16.7. The number of carbonyl (C=O) groups is 1. The van der Waals surface area contributed by atoms with E-state index in [-0.39, 0.29) is 5.91 Å². The van der Waals surface area contributed by atoms with Crippen LogP contribution in [-0.4, -0.2) is 27.1 Å². The first-order chi connectivity index (χ1) is 12.8. The first-order valence-electron chi connectivity index (χ1n) is 8.62. The van der Waals surface area contributed by atoms with Crippen molar-refractivity contribution in [2.75, 3.05) is 10.6 Å². The molecule has 1 saturated carbocycles. The minimum Gasteiger partial charge on any atom is -0.367 e. The molecule has 1 amide bonds. The zero-order valence-corrected chi connectivity index (χ0v) is 14.9. The Morgan fingerprint density at radius 3 is 2.69 bits per heavy atom. The summed E-state index contributed by atoms with van der Waals surface area (Å²) in [6.45, 7) is 0. The zero-order chi connectivity index (χ0) is 17.8. The Kier molecular flexibility index (Phi) is 4.88. The second kappa shape index (κ2) is 7.61. The third-order valence-corrected chi connectivity index (χ3v) is 5.04. The van der Waals surface area contributed by atoms with Crippen molar-refractivity contribution in [1.29, 1.82) is 0 Å². The summed E-state index contributed by atoms with van der Waals surface area (Å²) in [5.74, 6) is 1.26. The Hall–Kier alpha value is -2.80. The van der Waals surface area contributed by atoms with E-state index < -0.39 is 0 Å². The number of nitrogens with zero attached hydrogens (tertiary/aromatic N) is 3. The maximum Gasteiger partial charge on any atom is 0.259 e. The van der Waals surface area contributed by atoms with Crippen molar-refractivity contribution in [2.45, 2.75) is 25.3 Å². The average Bonchev–Trinajstić information content (AvgIpc) is 3.40. The lowest BCUT2D eigenvalue weighted by Gasteiger charge is -2.19. The van der Waals surface area contributed by atoms with E-state index in [0.717, 1.165) is 12.2 Å². The van der Waals surface area contributed by atoms with Crippen molar-refractivity contribution < 1.29 is 4.79 Å². The minimum atomic E-state index is -0.233. The van der Waals surface area contributed by atoms with Gasteiger partial charge in [0.15, 0.2) is 0 Å². The molecule has 3 aromatic rings. The molecule has 0 bridgehead atoms. The summed E-state index contributed by atoms with van der Waals surface area (Å²) < 4.78 is 0. The van der Waals surface area contributed by atoms with Crippen LogP contribution >= 0.6 is 11.3 Å². The van der Waals surface area contributed by atoms with Crippen LogP contribution in [0.5, 0.6) is 0 Å². The standard InChI is InChI=1S/C19H19N5OS/c25-18(23-19-24-21-12-26-19)15-8-9-17(20-11-15)22-16(14-6-7-14)10-13-4-2-1-3-5-13/h1-5,8-9,11-12,14,16H,6-7,10H2,(H,20,22)(H,23,24,25). The number of benzene rings is 1. The third-order valence-electron chi connectivity index (χ3n) is 4.43. The summed E-state index contributed by atoms with van der Waals surface area (Å²) in [4.78, 5) is 16.6. The maximum atomic E-state index is 12.2. The van der Waals surface area contributed by atoms with Gasteiger partial charge in [-0.2, -0.15) is 0 Å². The molecule has 4 rings (SSSR count). The molecule has 6 nitrogen and oxygen atoms in total. The molecule has 0 aliphatic heterocycles. The molecule has 2 N–H and O–H groups in total. The fourth-order valence-corrected chi connectivity index (χ4v) is 3.34. The van der Waals surface area contributed by atoms with Gasteiger partial charge < -0.3 is 5.32 Å². The van der Waals surface area contributed by atoms with Crippen LogP contribution in [0.4, 0.5) is 10.9 Å². The fraction of sp³-hybridized carbons (Fsp3) is 0.263. The van der Waals surface area contributed by atoms with Crippen molar-refractivity contribution in [3.05, 3.63) is 65.3 Å². The highest BCUT2D eigenvalue weighted by molar-refractivity contribution is 7.13. The van der Waals surface area contributed by atoms with E-state index in [1.54, 1.807) is 17.8 Å². The second-order valence-electron chi connectivity index (χ2n) is 6.41. The van der Waals surface area contributed by atoms with Crippen LogP contribution in [0.15, 0.2) is 54.2 Å². The van der Waals surface area contributed by atoms with Crippen molar-refractivity contribution >= 4 is 28.2 Å². The van der Waals surface area contributed by atoms with Crippen LogP contribution < -0.4 is 10.6 Å². The van der Waals surface area contributed by atoms with Crippen LogP contribution in [0.3, 0.4) is 0 Å². The summed E-state index contributed by atoms with van der Waals surface area (Å²) in [6, 6.07) is 14.5. The van der Waals surface area contributed by atoms with Gasteiger partial charge in [-0.15, -0.1) is 10.2 Å². The lowest BCUT2D eigenvalue weighted by Crippen LogP contribution is -2.25. The smallest absolute Gasteiger partial charge is 0.259 e. The molecular weight excluding hydrogens is 346 g/mol. The number of hydrogen-bond acceptors (Lipinski definition) is 6.